The summed E-state index contributed by atoms with van der Waals surface area (Å²) in [6, 6.07) is 12.6. The lowest BCUT2D eigenvalue weighted by atomic mass is 9.96. The minimum Gasteiger partial charge on any atom is -0.490 e. The molecular weight excluding hydrogens is 360 g/mol. The monoisotopic (exact) mass is 382 g/mol. The molecule has 0 saturated heterocycles. The molecule has 2 aromatic carbocycles. The number of ether oxygens (including phenoxy) is 3. The molecule has 2 N–H and O–H groups in total. The van der Waals surface area contributed by atoms with Crippen LogP contribution < -0.4 is 14.2 Å². The molecule has 6 heteroatoms. The van der Waals surface area contributed by atoms with E-state index in [4.69, 9.17) is 19.3 Å². The van der Waals surface area contributed by atoms with E-state index in [1.807, 2.05) is 12.1 Å². The van der Waals surface area contributed by atoms with Crippen molar-refractivity contribution in [3.05, 3.63) is 53.6 Å². The molecule has 2 atom stereocenters. The number of aliphatic carboxylic acids is 1. The van der Waals surface area contributed by atoms with E-state index in [2.05, 4.69) is 11.8 Å². The Kier molecular flexibility index (Phi) is 6.41. The van der Waals surface area contributed by atoms with Gasteiger partial charge in [-0.1, -0.05) is 24.1 Å². The summed E-state index contributed by atoms with van der Waals surface area (Å²) in [7, 11) is 0. The number of hydrogen-bond acceptors (Lipinski definition) is 5. The number of aliphatic hydroxyl groups is 1. The van der Waals surface area contributed by atoms with Gasteiger partial charge in [-0.25, -0.2) is 0 Å². The molecule has 1 heterocycles. The summed E-state index contributed by atoms with van der Waals surface area (Å²) in [6.07, 6.45) is -0.310. The highest BCUT2D eigenvalue weighted by molar-refractivity contribution is 5.69. The van der Waals surface area contributed by atoms with E-state index in [0.717, 1.165) is 11.1 Å². The molecule has 0 amide bonds. The SMILES string of the molecule is CC#CC(CC(=O)O)c1ccc(OC[C@H]2COc3ccc(CO)cc3O2)cc1. The van der Waals surface area contributed by atoms with Crippen LogP contribution in [0.2, 0.25) is 0 Å². The van der Waals surface area contributed by atoms with Crippen LogP contribution in [0.1, 0.15) is 30.4 Å². The summed E-state index contributed by atoms with van der Waals surface area (Å²) < 4.78 is 17.4. The molecule has 0 radical (unpaired) electrons. The number of rotatable bonds is 7. The first-order valence-electron chi connectivity index (χ1n) is 8.99. The number of aliphatic hydroxyl groups excluding tert-OH is 1. The summed E-state index contributed by atoms with van der Waals surface area (Å²) in [5.41, 5.74) is 1.59. The zero-order valence-electron chi connectivity index (χ0n) is 15.6. The van der Waals surface area contributed by atoms with Crippen LogP contribution in [-0.2, 0) is 11.4 Å². The van der Waals surface area contributed by atoms with Gasteiger partial charge in [-0.2, -0.15) is 0 Å². The van der Waals surface area contributed by atoms with E-state index in [-0.39, 0.29) is 25.0 Å². The molecule has 0 fully saturated rings. The maximum atomic E-state index is 11.0. The zero-order valence-corrected chi connectivity index (χ0v) is 15.6. The van der Waals surface area contributed by atoms with Gasteiger partial charge in [0.25, 0.3) is 0 Å². The average Bonchev–Trinajstić information content (AvgIpc) is 2.71. The Hall–Kier alpha value is -3.17. The van der Waals surface area contributed by atoms with Crippen molar-refractivity contribution < 1.29 is 29.2 Å². The van der Waals surface area contributed by atoms with E-state index in [9.17, 15) is 9.90 Å². The molecule has 3 rings (SSSR count). The van der Waals surface area contributed by atoms with Crippen LogP contribution >= 0.6 is 0 Å². The Morgan fingerprint density at radius 2 is 2.04 bits per heavy atom. The Labute approximate surface area is 163 Å². The van der Waals surface area contributed by atoms with Crippen molar-refractivity contribution >= 4 is 5.97 Å². The average molecular weight is 382 g/mol. The first-order chi connectivity index (χ1) is 13.6. The lowest BCUT2D eigenvalue weighted by molar-refractivity contribution is -0.137. The first-order valence-corrected chi connectivity index (χ1v) is 8.99. The van der Waals surface area contributed by atoms with Gasteiger partial charge in [0.2, 0.25) is 0 Å². The Morgan fingerprint density at radius 1 is 1.25 bits per heavy atom. The number of fused-ring (bicyclic) bond motifs is 1. The summed E-state index contributed by atoms with van der Waals surface area (Å²) >= 11 is 0. The predicted molar refractivity (Wildman–Crippen MR) is 103 cm³/mol. The molecule has 0 spiro atoms. The van der Waals surface area contributed by atoms with Crippen molar-refractivity contribution in [2.45, 2.75) is 32.0 Å². The molecule has 1 aliphatic rings. The van der Waals surface area contributed by atoms with Crippen LogP contribution in [0.5, 0.6) is 17.2 Å². The molecular formula is C22H22O6. The van der Waals surface area contributed by atoms with E-state index >= 15 is 0 Å². The smallest absolute Gasteiger partial charge is 0.304 e. The molecule has 1 unspecified atom stereocenters. The van der Waals surface area contributed by atoms with Crippen LogP contribution in [0, 0.1) is 11.8 Å². The van der Waals surface area contributed by atoms with Gasteiger partial charge in [-0.05, 0) is 42.3 Å². The second-order valence-electron chi connectivity index (χ2n) is 6.41. The first kappa shape index (κ1) is 19.6. The van der Waals surface area contributed by atoms with E-state index in [0.29, 0.717) is 30.5 Å². The Bertz CT molecular complexity index is 878. The summed E-state index contributed by atoms with van der Waals surface area (Å²) in [4.78, 5) is 11.0. The third kappa shape index (κ3) is 4.96. The van der Waals surface area contributed by atoms with Crippen molar-refractivity contribution in [3.8, 4) is 29.1 Å². The second kappa shape index (κ2) is 9.16. The Morgan fingerprint density at radius 3 is 2.71 bits per heavy atom. The van der Waals surface area contributed by atoms with Gasteiger partial charge in [0.15, 0.2) is 17.6 Å². The fraction of sp³-hybridized carbons (Fsp3) is 0.318. The van der Waals surface area contributed by atoms with Crippen molar-refractivity contribution in [1.29, 1.82) is 0 Å². The van der Waals surface area contributed by atoms with Gasteiger partial charge in [0.1, 0.15) is 19.0 Å². The molecule has 2 aromatic rings. The third-order valence-corrected chi connectivity index (χ3v) is 4.32. The molecule has 6 nitrogen and oxygen atoms in total. The van der Waals surface area contributed by atoms with Crippen LogP contribution in [0.4, 0.5) is 0 Å². The van der Waals surface area contributed by atoms with Crippen molar-refractivity contribution in [2.24, 2.45) is 0 Å². The lowest BCUT2D eigenvalue weighted by Crippen LogP contribution is -2.34. The number of carbonyl (C=O) groups is 1. The van der Waals surface area contributed by atoms with Crippen LogP contribution in [-0.4, -0.2) is 35.5 Å². The normalized spacial score (nSPS) is 15.9. The highest BCUT2D eigenvalue weighted by atomic mass is 16.6. The van der Waals surface area contributed by atoms with Gasteiger partial charge >= 0.3 is 5.97 Å². The van der Waals surface area contributed by atoms with E-state index in [1.165, 1.54) is 0 Å². The van der Waals surface area contributed by atoms with E-state index in [1.54, 1.807) is 37.3 Å². The zero-order chi connectivity index (χ0) is 19.9. The molecule has 0 bridgehead atoms. The quantitative estimate of drug-likeness (QED) is 0.716. The minimum absolute atomic E-state index is 0.0382. The third-order valence-electron chi connectivity index (χ3n) is 4.32. The van der Waals surface area contributed by atoms with Crippen molar-refractivity contribution in [3.63, 3.8) is 0 Å². The standard InChI is InChI=1S/C22H22O6/c1-2-3-17(11-22(24)25)16-5-7-18(8-6-16)26-13-19-14-27-20-9-4-15(12-23)10-21(20)28-19/h4-10,17,19,23H,11-14H2,1H3,(H,24,25)/t17?,19-/m0/s1. The number of carboxylic acids is 1. The van der Waals surface area contributed by atoms with Crippen LogP contribution in [0.3, 0.4) is 0 Å². The molecule has 28 heavy (non-hydrogen) atoms. The number of benzene rings is 2. The molecule has 1 aliphatic heterocycles. The minimum atomic E-state index is -0.882. The fourth-order valence-corrected chi connectivity index (χ4v) is 2.93. The van der Waals surface area contributed by atoms with Crippen molar-refractivity contribution in [1.82, 2.24) is 0 Å². The molecule has 0 aliphatic carbocycles. The topological polar surface area (TPSA) is 85.2 Å². The van der Waals surface area contributed by atoms with Gasteiger partial charge in [-0.3, -0.25) is 4.79 Å². The highest BCUT2D eigenvalue weighted by Gasteiger charge is 2.22. The highest BCUT2D eigenvalue weighted by Crippen LogP contribution is 2.33. The number of carboxylic acid groups (broad SMARTS) is 1. The maximum absolute atomic E-state index is 11.0. The second-order valence-corrected chi connectivity index (χ2v) is 6.41. The molecule has 0 saturated carbocycles. The van der Waals surface area contributed by atoms with Gasteiger partial charge in [0.05, 0.1) is 18.9 Å². The van der Waals surface area contributed by atoms with Gasteiger partial charge in [-0.15, -0.1) is 5.92 Å². The molecule has 0 aromatic heterocycles. The van der Waals surface area contributed by atoms with Crippen molar-refractivity contribution in [2.75, 3.05) is 13.2 Å². The van der Waals surface area contributed by atoms with E-state index < -0.39 is 5.97 Å². The van der Waals surface area contributed by atoms with Gasteiger partial charge < -0.3 is 24.4 Å². The molecule has 146 valence electrons. The summed E-state index contributed by atoms with van der Waals surface area (Å²) in [5, 5.41) is 18.3. The summed E-state index contributed by atoms with van der Waals surface area (Å²) in [6.45, 7) is 2.31. The predicted octanol–water partition coefficient (Wildman–Crippen LogP) is 2.98. The maximum Gasteiger partial charge on any atom is 0.304 e. The lowest BCUT2D eigenvalue weighted by Gasteiger charge is -2.26. The Balaban J connectivity index is 1.59. The summed E-state index contributed by atoms with van der Waals surface area (Å²) in [5.74, 6) is 6.38. The van der Waals surface area contributed by atoms with Crippen LogP contribution in [0.15, 0.2) is 42.5 Å². The van der Waals surface area contributed by atoms with Crippen LogP contribution in [0.25, 0.3) is 0 Å². The largest absolute Gasteiger partial charge is 0.490 e. The number of hydrogen-bond donors (Lipinski definition) is 2. The van der Waals surface area contributed by atoms with Gasteiger partial charge in [0, 0.05) is 0 Å². The fourth-order valence-electron chi connectivity index (χ4n) is 2.93.